The predicted molar refractivity (Wildman–Crippen MR) is 111 cm³/mol. The van der Waals surface area contributed by atoms with Gasteiger partial charge in [-0.05, 0) is 47.5 Å². The highest BCUT2D eigenvalue weighted by Crippen LogP contribution is 2.31. The number of fused-ring (bicyclic) bond motifs is 2. The molecule has 2 aromatic carbocycles. The van der Waals surface area contributed by atoms with Crippen LogP contribution in [-0.2, 0) is 4.79 Å². The van der Waals surface area contributed by atoms with Crippen LogP contribution in [0.1, 0.15) is 24.0 Å². The highest BCUT2D eigenvalue weighted by molar-refractivity contribution is 6.15. The Morgan fingerprint density at radius 1 is 0.786 bits per heavy atom. The number of hydrogen-bond donors (Lipinski definition) is 1. The van der Waals surface area contributed by atoms with E-state index in [0.29, 0.717) is 0 Å². The van der Waals surface area contributed by atoms with Gasteiger partial charge in [-0.15, -0.1) is 0 Å². The normalized spacial score (nSPS) is 26.7. The molecule has 2 bridgehead atoms. The number of piperidine rings is 1. The van der Waals surface area contributed by atoms with Crippen molar-refractivity contribution in [1.29, 1.82) is 0 Å². The van der Waals surface area contributed by atoms with Crippen molar-refractivity contribution in [3.63, 3.8) is 0 Å². The molecule has 0 amide bonds. The Morgan fingerprint density at radius 3 is 1.54 bits per heavy atom. The molecule has 0 saturated carbocycles. The van der Waals surface area contributed by atoms with Crippen LogP contribution in [0.3, 0.4) is 0 Å². The molecule has 4 heteroatoms. The summed E-state index contributed by atoms with van der Waals surface area (Å²) in [5.74, 6) is 1.83. The number of Topliss-reactive ketones (excluding diaryl/α,β-unsaturated/α-hetero) is 1. The first kappa shape index (κ1) is 18.5. The third-order valence-electron chi connectivity index (χ3n) is 5.99. The Balaban J connectivity index is 1.70. The number of rotatable bonds is 4. The Hall–Kier alpha value is -2.85. The highest BCUT2D eigenvalue weighted by atomic mass is 16.5. The Labute approximate surface area is 166 Å². The van der Waals surface area contributed by atoms with Gasteiger partial charge in [-0.25, -0.2) is 0 Å². The number of ether oxygens (including phenoxy) is 2. The highest BCUT2D eigenvalue weighted by Gasteiger charge is 2.48. The van der Waals surface area contributed by atoms with Gasteiger partial charge in [-0.3, -0.25) is 4.79 Å². The van der Waals surface area contributed by atoms with Crippen LogP contribution in [-0.4, -0.2) is 39.1 Å². The molecule has 0 aliphatic carbocycles. The fraction of sp³-hybridized carbons (Fsp3) is 0.292. The minimum atomic E-state index is 0.185. The van der Waals surface area contributed by atoms with Gasteiger partial charge in [0.15, 0.2) is 5.78 Å². The fourth-order valence-electron chi connectivity index (χ4n) is 4.41. The number of methoxy groups -OCH3 is 2. The fourth-order valence-corrected chi connectivity index (χ4v) is 4.41. The molecule has 1 N–H and O–H groups in total. The van der Waals surface area contributed by atoms with Gasteiger partial charge >= 0.3 is 0 Å². The summed E-state index contributed by atoms with van der Waals surface area (Å²) >= 11 is 0. The van der Waals surface area contributed by atoms with Gasteiger partial charge in [0.05, 0.1) is 32.4 Å². The van der Waals surface area contributed by atoms with Crippen LogP contribution in [0.5, 0.6) is 11.5 Å². The van der Waals surface area contributed by atoms with Gasteiger partial charge in [0.25, 0.3) is 0 Å². The summed E-state index contributed by atoms with van der Waals surface area (Å²) in [6, 6.07) is 16.3. The van der Waals surface area contributed by atoms with Crippen molar-refractivity contribution in [3.05, 3.63) is 70.8 Å². The summed E-state index contributed by atoms with van der Waals surface area (Å²) in [6.45, 7) is 0. The summed E-state index contributed by atoms with van der Waals surface area (Å²) in [4.78, 5) is 14.8. The lowest BCUT2D eigenvalue weighted by molar-refractivity contribution is -0.906. The summed E-state index contributed by atoms with van der Waals surface area (Å²) in [7, 11) is 5.52. The van der Waals surface area contributed by atoms with Crippen molar-refractivity contribution in [2.75, 3.05) is 21.3 Å². The zero-order valence-corrected chi connectivity index (χ0v) is 16.6. The molecule has 0 spiro atoms. The number of carbonyl (C=O) groups excluding carboxylic acids is 1. The van der Waals surface area contributed by atoms with Gasteiger partial charge in [-0.1, -0.05) is 24.3 Å². The average Bonchev–Trinajstić information content (AvgIpc) is 3.04. The van der Waals surface area contributed by atoms with E-state index < -0.39 is 0 Å². The lowest BCUT2D eigenvalue weighted by Gasteiger charge is -2.31. The molecule has 4 nitrogen and oxygen atoms in total. The van der Waals surface area contributed by atoms with Crippen LogP contribution in [0.25, 0.3) is 12.2 Å². The van der Waals surface area contributed by atoms with Crippen LogP contribution in [0.2, 0.25) is 0 Å². The SMILES string of the molecule is COc1ccc(/C=C2\C(=O)/C(=C/c3ccc(OC)cc3)[C@H]3CC[C@@H]2[NH+]3C)cc1. The first-order valence-electron chi connectivity index (χ1n) is 9.70. The minimum Gasteiger partial charge on any atom is -0.497 e. The number of likely N-dealkylation sites (N-methyl/N-ethyl adjacent to an activating group) is 1. The molecule has 4 rings (SSSR count). The number of nitrogens with one attached hydrogen (secondary N) is 1. The van der Waals surface area contributed by atoms with Crippen LogP contribution < -0.4 is 14.4 Å². The van der Waals surface area contributed by atoms with E-state index in [2.05, 4.69) is 19.2 Å². The monoisotopic (exact) mass is 376 g/mol. The molecule has 3 atom stereocenters. The lowest BCUT2D eigenvalue weighted by atomic mass is 9.88. The maximum Gasteiger partial charge on any atom is 0.196 e. The molecule has 2 aromatic rings. The van der Waals surface area contributed by atoms with E-state index >= 15 is 0 Å². The van der Waals surface area contributed by atoms with E-state index in [9.17, 15) is 4.79 Å². The minimum absolute atomic E-state index is 0.185. The quantitative estimate of drug-likeness (QED) is 0.834. The maximum absolute atomic E-state index is 13.4. The zero-order chi connectivity index (χ0) is 19.7. The molecule has 2 heterocycles. The third kappa shape index (κ3) is 3.36. The van der Waals surface area contributed by atoms with Gasteiger partial charge < -0.3 is 14.4 Å². The van der Waals surface area contributed by atoms with Gasteiger partial charge in [0.2, 0.25) is 0 Å². The summed E-state index contributed by atoms with van der Waals surface area (Å²) < 4.78 is 10.5. The first-order valence-corrected chi connectivity index (χ1v) is 9.70. The summed E-state index contributed by atoms with van der Waals surface area (Å²) in [5.41, 5.74) is 3.89. The predicted octanol–water partition coefficient (Wildman–Crippen LogP) is 2.80. The Bertz CT molecular complexity index is 850. The smallest absolute Gasteiger partial charge is 0.196 e. The van der Waals surface area contributed by atoms with E-state index in [4.69, 9.17) is 9.47 Å². The van der Waals surface area contributed by atoms with E-state index in [1.165, 1.54) is 4.90 Å². The van der Waals surface area contributed by atoms with Crippen LogP contribution in [0.15, 0.2) is 59.7 Å². The number of benzene rings is 2. The Kier molecular flexibility index (Phi) is 5.05. The molecule has 2 aliphatic heterocycles. The second kappa shape index (κ2) is 7.64. The molecule has 2 aliphatic rings. The Morgan fingerprint density at radius 2 is 1.18 bits per heavy atom. The van der Waals surface area contributed by atoms with Gasteiger partial charge in [-0.2, -0.15) is 0 Å². The molecule has 28 heavy (non-hydrogen) atoms. The van der Waals surface area contributed by atoms with E-state index in [0.717, 1.165) is 46.6 Å². The van der Waals surface area contributed by atoms with E-state index in [1.54, 1.807) is 14.2 Å². The molecular weight excluding hydrogens is 350 g/mol. The summed E-state index contributed by atoms with van der Waals surface area (Å²) in [5, 5.41) is 0. The van der Waals surface area contributed by atoms with Crippen molar-refractivity contribution in [1.82, 2.24) is 0 Å². The van der Waals surface area contributed by atoms with Gasteiger partial charge in [0.1, 0.15) is 23.6 Å². The van der Waals surface area contributed by atoms with Crippen molar-refractivity contribution in [2.45, 2.75) is 24.9 Å². The second-order valence-electron chi connectivity index (χ2n) is 7.50. The average molecular weight is 376 g/mol. The third-order valence-corrected chi connectivity index (χ3v) is 5.99. The molecule has 1 unspecified atom stereocenters. The number of ketones is 1. The molecule has 144 valence electrons. The molecule has 2 saturated heterocycles. The second-order valence-corrected chi connectivity index (χ2v) is 7.50. The van der Waals surface area contributed by atoms with Gasteiger partial charge in [0, 0.05) is 12.8 Å². The van der Waals surface area contributed by atoms with Crippen LogP contribution in [0.4, 0.5) is 0 Å². The van der Waals surface area contributed by atoms with E-state index in [1.807, 2.05) is 48.5 Å². The van der Waals surface area contributed by atoms with Crippen LogP contribution >= 0.6 is 0 Å². The summed E-state index contributed by atoms with van der Waals surface area (Å²) in [6.07, 6.45) is 6.20. The zero-order valence-electron chi connectivity index (χ0n) is 16.6. The van der Waals surface area contributed by atoms with Crippen molar-refractivity contribution >= 4 is 17.9 Å². The number of quaternary nitrogens is 1. The molecule has 2 fully saturated rings. The first-order chi connectivity index (χ1) is 13.6. The topological polar surface area (TPSA) is 40.0 Å². The maximum atomic E-state index is 13.4. The number of hydrogen-bond acceptors (Lipinski definition) is 3. The van der Waals surface area contributed by atoms with Crippen molar-refractivity contribution in [3.8, 4) is 11.5 Å². The van der Waals surface area contributed by atoms with E-state index in [-0.39, 0.29) is 17.9 Å². The molecule has 0 aromatic heterocycles. The van der Waals surface area contributed by atoms with Crippen molar-refractivity contribution < 1.29 is 19.2 Å². The van der Waals surface area contributed by atoms with Crippen molar-refractivity contribution in [2.24, 2.45) is 0 Å². The largest absolute Gasteiger partial charge is 0.497 e. The van der Waals surface area contributed by atoms with Crippen LogP contribution in [0, 0.1) is 0 Å². The lowest BCUT2D eigenvalue weighted by Crippen LogP contribution is -3.16. The molecule has 0 radical (unpaired) electrons. The molecular formula is C24H26NO3+. The standard InChI is InChI=1S/C24H25NO3/c1-25-22-12-13-23(25)21(15-17-6-10-19(28-3)11-7-17)24(26)20(22)14-16-4-8-18(27-2)9-5-16/h4-11,14-15,22-23H,12-13H2,1-3H3/p+1/b20-14-,21-15+/t22-,23+/m0/s1. The number of carbonyl (C=O) groups is 1.